The molecule has 0 unspecified atom stereocenters. The molecule has 3 aromatic carbocycles. The van der Waals surface area contributed by atoms with E-state index in [4.69, 9.17) is 4.74 Å². The van der Waals surface area contributed by atoms with Crippen molar-refractivity contribution in [1.29, 1.82) is 0 Å². The van der Waals surface area contributed by atoms with Crippen LogP contribution in [-0.4, -0.2) is 17.0 Å². The Morgan fingerprint density at radius 2 is 1.52 bits per heavy atom. The zero-order valence-electron chi connectivity index (χ0n) is 24.0. The van der Waals surface area contributed by atoms with Crippen LogP contribution < -0.4 is 15.9 Å². The molecule has 1 heterocycles. The largest absolute Gasteiger partial charge is 0.362 e. The normalized spacial score (nSPS) is 31.4. The van der Waals surface area contributed by atoms with E-state index in [0.717, 1.165) is 54.4 Å². The van der Waals surface area contributed by atoms with E-state index in [0.29, 0.717) is 18.3 Å². The Bertz CT molecular complexity index is 1640. The summed E-state index contributed by atoms with van der Waals surface area (Å²) in [6.07, 6.45) is 11.8. The second-order valence-corrected chi connectivity index (χ2v) is 15.7. The van der Waals surface area contributed by atoms with E-state index in [2.05, 4.69) is 30.8 Å². The molecule has 0 amide bonds. The van der Waals surface area contributed by atoms with Crippen molar-refractivity contribution < 1.29 is 14.1 Å². The number of hydrogen-bond acceptors (Lipinski definition) is 3. The highest BCUT2D eigenvalue weighted by molar-refractivity contribution is 7.85. The number of carbonyl (C=O) groups excluding carboxylic acids is 1. The fraction of sp³-hybridized carbons (Fsp3) is 0.342. The van der Waals surface area contributed by atoms with Crippen molar-refractivity contribution in [1.82, 2.24) is 0 Å². The van der Waals surface area contributed by atoms with Gasteiger partial charge in [0, 0.05) is 28.3 Å². The molecule has 0 radical (unpaired) electrons. The fourth-order valence-corrected chi connectivity index (χ4v) is 12.0. The number of epoxide rings is 1. The van der Waals surface area contributed by atoms with Crippen molar-refractivity contribution in [3.63, 3.8) is 0 Å². The van der Waals surface area contributed by atoms with Crippen LogP contribution >= 0.6 is 7.14 Å². The Labute approximate surface area is 248 Å². The van der Waals surface area contributed by atoms with Crippen molar-refractivity contribution in [2.75, 3.05) is 0 Å². The second-order valence-electron chi connectivity index (χ2n) is 13.0. The Kier molecular flexibility index (Phi) is 6.05. The molecule has 1 spiro atoms. The number of ether oxygens (including phenoxy) is 1. The van der Waals surface area contributed by atoms with Crippen LogP contribution in [0.1, 0.15) is 62.8 Å². The first-order valence-electron chi connectivity index (χ1n) is 15.6. The maximum absolute atomic E-state index is 15.0. The predicted molar refractivity (Wildman–Crippen MR) is 169 cm³/mol. The maximum Gasteiger partial charge on any atom is 0.171 e. The summed E-state index contributed by atoms with van der Waals surface area (Å²) in [6.45, 7) is 4.08. The summed E-state index contributed by atoms with van der Waals surface area (Å²) < 4.78 is 21.8. The van der Waals surface area contributed by atoms with Gasteiger partial charge in [-0.1, -0.05) is 96.6 Å². The van der Waals surface area contributed by atoms with Crippen LogP contribution in [0.5, 0.6) is 0 Å². The minimum absolute atomic E-state index is 0.0528. The van der Waals surface area contributed by atoms with Crippen LogP contribution in [0.3, 0.4) is 0 Å². The van der Waals surface area contributed by atoms with Crippen LogP contribution in [0.15, 0.2) is 120 Å². The highest BCUT2D eigenvalue weighted by atomic mass is 31.2. The van der Waals surface area contributed by atoms with Gasteiger partial charge in [0.25, 0.3) is 0 Å². The summed E-state index contributed by atoms with van der Waals surface area (Å²) >= 11 is 0. The molecule has 1 saturated heterocycles. The number of benzene rings is 3. The van der Waals surface area contributed by atoms with Crippen molar-refractivity contribution >= 4 is 28.8 Å². The quantitative estimate of drug-likeness (QED) is 0.177. The molecule has 4 aliphatic carbocycles. The van der Waals surface area contributed by atoms with Gasteiger partial charge < -0.3 is 9.30 Å². The summed E-state index contributed by atoms with van der Waals surface area (Å²) in [5, 5.41) is 2.57. The van der Waals surface area contributed by atoms with Gasteiger partial charge in [-0.25, -0.2) is 0 Å². The molecular formula is C38H37O3P. The molecule has 5 atom stereocenters. The third kappa shape index (κ3) is 3.69. The SMILES string of the molecule is C=CC[C@]12CC[C@H]3[C@@H]4CCC5=CC(=O)CCC5=C4[C@@H](c4ccc(P(=O)(c5ccccc5)c5ccccc5)cc4)C[C@@]31O2. The number of allylic oxidation sites excluding steroid dienone is 4. The summed E-state index contributed by atoms with van der Waals surface area (Å²) in [5.74, 6) is 1.56. The van der Waals surface area contributed by atoms with Gasteiger partial charge in [-0.2, -0.15) is 0 Å². The lowest BCUT2D eigenvalue weighted by Crippen LogP contribution is -2.42. The van der Waals surface area contributed by atoms with Gasteiger partial charge in [-0.3, -0.25) is 4.79 Å². The minimum Gasteiger partial charge on any atom is -0.362 e. The highest BCUT2D eigenvalue weighted by Crippen LogP contribution is 2.74. The fourth-order valence-electron chi connectivity index (χ4n) is 9.32. The third-order valence-electron chi connectivity index (χ3n) is 11.1. The number of fused-ring (bicyclic) bond motifs is 3. The lowest BCUT2D eigenvalue weighted by atomic mass is 9.57. The Morgan fingerprint density at radius 3 is 2.19 bits per heavy atom. The molecule has 5 aliphatic rings. The lowest BCUT2D eigenvalue weighted by molar-refractivity contribution is -0.114. The number of carbonyl (C=O) groups is 1. The maximum atomic E-state index is 15.0. The average Bonchev–Trinajstić information content (AvgIpc) is 3.54. The highest BCUT2D eigenvalue weighted by Gasteiger charge is 2.78. The molecule has 8 rings (SSSR count). The Balaban J connectivity index is 1.24. The summed E-state index contributed by atoms with van der Waals surface area (Å²) in [7, 11) is -3.03. The van der Waals surface area contributed by atoms with Gasteiger partial charge in [0.1, 0.15) is 11.2 Å². The van der Waals surface area contributed by atoms with Gasteiger partial charge in [-0.05, 0) is 79.6 Å². The lowest BCUT2D eigenvalue weighted by Gasteiger charge is -2.46. The zero-order valence-corrected chi connectivity index (χ0v) is 24.9. The molecule has 1 aliphatic heterocycles. The molecule has 3 nitrogen and oxygen atoms in total. The van der Waals surface area contributed by atoms with Crippen molar-refractivity contribution in [2.24, 2.45) is 11.8 Å². The first kappa shape index (κ1) is 26.4. The van der Waals surface area contributed by atoms with Crippen molar-refractivity contribution in [3.8, 4) is 0 Å². The van der Waals surface area contributed by atoms with E-state index in [1.807, 2.05) is 72.8 Å². The van der Waals surface area contributed by atoms with Crippen molar-refractivity contribution in [2.45, 2.75) is 68.5 Å². The minimum atomic E-state index is -3.03. The first-order chi connectivity index (χ1) is 20.5. The monoisotopic (exact) mass is 572 g/mol. The van der Waals surface area contributed by atoms with E-state index < -0.39 is 7.14 Å². The molecule has 3 aromatic rings. The van der Waals surface area contributed by atoms with E-state index in [9.17, 15) is 9.36 Å². The predicted octanol–water partition coefficient (Wildman–Crippen LogP) is 7.30. The van der Waals surface area contributed by atoms with Crippen LogP contribution in [-0.2, 0) is 14.1 Å². The van der Waals surface area contributed by atoms with Gasteiger partial charge in [0.15, 0.2) is 12.9 Å². The van der Waals surface area contributed by atoms with E-state index in [1.165, 1.54) is 23.1 Å². The van der Waals surface area contributed by atoms with Gasteiger partial charge >= 0.3 is 0 Å². The van der Waals surface area contributed by atoms with Crippen LogP contribution in [0.4, 0.5) is 0 Å². The summed E-state index contributed by atoms with van der Waals surface area (Å²) in [5.41, 5.74) is 5.45. The Hall–Kier alpha value is -3.26. The topological polar surface area (TPSA) is 46.7 Å². The molecule has 42 heavy (non-hydrogen) atoms. The van der Waals surface area contributed by atoms with E-state index >= 15 is 0 Å². The van der Waals surface area contributed by atoms with Gasteiger partial charge in [0.05, 0.1) is 0 Å². The first-order valence-corrected chi connectivity index (χ1v) is 17.3. The molecular weight excluding hydrogens is 535 g/mol. The van der Waals surface area contributed by atoms with Crippen LogP contribution in [0, 0.1) is 11.8 Å². The molecule has 0 aromatic heterocycles. The number of ketones is 1. The average molecular weight is 573 g/mol. The number of hydrogen-bond donors (Lipinski definition) is 0. The molecule has 3 fully saturated rings. The standard InChI is InChI=1S/C38H37O3P/c1-2-22-37-23-21-35-33-19-15-27-24-28(39)16-20-32(27)36(33)34(25-38(35,37)41-37)26-13-17-31(18-14-26)42(40,29-9-5-3-6-10-29)30-11-7-4-8-12-30/h2-14,17-18,24,33-35H,1,15-16,19-23,25H2/t33-,34+,35-,37-,38+/m0/s1. The Morgan fingerprint density at radius 1 is 0.857 bits per heavy atom. The van der Waals surface area contributed by atoms with Gasteiger partial charge in [0.2, 0.25) is 0 Å². The van der Waals surface area contributed by atoms with E-state index in [-0.39, 0.29) is 22.9 Å². The van der Waals surface area contributed by atoms with Crippen LogP contribution in [0.25, 0.3) is 0 Å². The number of rotatable bonds is 6. The second kappa shape index (κ2) is 9.63. The molecule has 2 saturated carbocycles. The third-order valence-corrected chi connectivity index (χ3v) is 14.2. The smallest absolute Gasteiger partial charge is 0.171 e. The van der Waals surface area contributed by atoms with Gasteiger partial charge in [-0.15, -0.1) is 6.58 Å². The molecule has 0 N–H and O–H groups in total. The van der Waals surface area contributed by atoms with E-state index in [1.54, 1.807) is 5.57 Å². The zero-order chi connectivity index (χ0) is 28.5. The van der Waals surface area contributed by atoms with Crippen LogP contribution in [0.2, 0.25) is 0 Å². The summed E-state index contributed by atoms with van der Waals surface area (Å²) in [4.78, 5) is 12.4. The molecule has 212 valence electrons. The molecule has 4 heteroatoms. The molecule has 0 bridgehead atoms. The summed E-state index contributed by atoms with van der Waals surface area (Å²) in [6, 6.07) is 28.5. The van der Waals surface area contributed by atoms with Crippen molar-refractivity contribution in [3.05, 3.63) is 126 Å².